The summed E-state index contributed by atoms with van der Waals surface area (Å²) < 4.78 is 16.1. The first-order valence-electron chi connectivity index (χ1n) is 9.42. The molecule has 0 aromatic carbocycles. The Morgan fingerprint density at radius 3 is 2.69 bits per heavy atom. The summed E-state index contributed by atoms with van der Waals surface area (Å²) in [7, 11) is 1.87. The average molecular weight is 405 g/mol. The van der Waals surface area contributed by atoms with Crippen LogP contribution in [-0.2, 0) is 33.4 Å². The van der Waals surface area contributed by atoms with Crippen LogP contribution in [-0.4, -0.2) is 67.0 Å². The third kappa shape index (κ3) is 5.20. The van der Waals surface area contributed by atoms with Gasteiger partial charge in [0.15, 0.2) is 6.10 Å². The molecule has 2 rings (SSSR count). The third-order valence-electron chi connectivity index (χ3n) is 5.15. The number of rotatable bonds is 2. The zero-order chi connectivity index (χ0) is 21.8. The topological polar surface area (TPSA) is 99.2 Å². The number of carbonyl (C=O) groups excluding carboxylic acids is 4. The molecular weight excluding hydrogens is 378 g/mol. The highest BCUT2D eigenvalue weighted by Crippen LogP contribution is 2.28. The quantitative estimate of drug-likeness (QED) is 0.502. The number of carbonyl (C=O) groups is 4. The molecule has 8 nitrogen and oxygen atoms in total. The fourth-order valence-electron chi connectivity index (χ4n) is 3.13. The van der Waals surface area contributed by atoms with Crippen molar-refractivity contribution in [1.29, 1.82) is 0 Å². The molecule has 3 atom stereocenters. The van der Waals surface area contributed by atoms with E-state index in [1.807, 2.05) is 11.9 Å². The van der Waals surface area contributed by atoms with Gasteiger partial charge in [-0.1, -0.05) is 31.7 Å². The van der Waals surface area contributed by atoms with Gasteiger partial charge in [0.2, 0.25) is 11.4 Å². The van der Waals surface area contributed by atoms with Crippen LogP contribution in [0.4, 0.5) is 0 Å². The van der Waals surface area contributed by atoms with Crippen LogP contribution in [0.25, 0.3) is 0 Å². The first-order chi connectivity index (χ1) is 13.6. The van der Waals surface area contributed by atoms with Gasteiger partial charge in [-0.3, -0.25) is 9.59 Å². The van der Waals surface area contributed by atoms with Crippen molar-refractivity contribution in [3.05, 3.63) is 36.0 Å². The minimum absolute atomic E-state index is 0.0676. The van der Waals surface area contributed by atoms with E-state index in [0.29, 0.717) is 19.5 Å². The van der Waals surface area contributed by atoms with Gasteiger partial charge in [-0.2, -0.15) is 0 Å². The van der Waals surface area contributed by atoms with Gasteiger partial charge in [0.05, 0.1) is 5.57 Å². The standard InChI is InChI=1S/C21H27NO7/c1-6-15-11-13(2)21(4,29-14(3)23)20(26)27-12-16-7-9-22(5)10-8-17(18(16)24)28-19(15)25/h6-7,11,13,17H,1,8-10,12H2,2-5H3. The minimum Gasteiger partial charge on any atom is -0.458 e. The lowest BCUT2D eigenvalue weighted by Crippen LogP contribution is -2.47. The van der Waals surface area contributed by atoms with Gasteiger partial charge in [-0.25, -0.2) is 9.59 Å². The van der Waals surface area contributed by atoms with Gasteiger partial charge in [-0.05, 0) is 14.0 Å². The number of hydrogen-bond acceptors (Lipinski definition) is 8. The first kappa shape index (κ1) is 22.5. The number of nitrogens with zero attached hydrogens (tertiary/aromatic N) is 1. The van der Waals surface area contributed by atoms with Crippen molar-refractivity contribution < 1.29 is 33.4 Å². The molecule has 2 aliphatic rings. The molecule has 8 heteroatoms. The fraction of sp³-hybridized carbons (Fsp3) is 0.524. The Kier molecular flexibility index (Phi) is 7.13. The summed E-state index contributed by atoms with van der Waals surface area (Å²) in [5.74, 6) is -3.35. The van der Waals surface area contributed by atoms with Gasteiger partial charge in [-0.15, -0.1) is 0 Å². The van der Waals surface area contributed by atoms with E-state index < -0.39 is 41.3 Å². The highest BCUT2D eigenvalue weighted by molar-refractivity contribution is 6.02. The van der Waals surface area contributed by atoms with Crippen LogP contribution in [0.3, 0.4) is 0 Å². The normalized spacial score (nSPS) is 29.6. The summed E-state index contributed by atoms with van der Waals surface area (Å²) in [5.41, 5.74) is -1.40. The molecule has 0 spiro atoms. The monoisotopic (exact) mass is 405 g/mol. The van der Waals surface area contributed by atoms with Crippen LogP contribution in [0.1, 0.15) is 27.2 Å². The highest BCUT2D eigenvalue weighted by atomic mass is 16.6. The van der Waals surface area contributed by atoms with E-state index in [4.69, 9.17) is 14.2 Å². The maximum absolute atomic E-state index is 12.9. The number of ether oxygens (including phenoxy) is 3. The van der Waals surface area contributed by atoms with Crippen molar-refractivity contribution in [1.82, 2.24) is 4.90 Å². The number of hydrogen-bond donors (Lipinski definition) is 0. The van der Waals surface area contributed by atoms with Gasteiger partial charge >= 0.3 is 17.9 Å². The molecule has 2 heterocycles. The predicted molar refractivity (Wildman–Crippen MR) is 104 cm³/mol. The molecule has 0 aromatic heterocycles. The molecule has 2 bridgehead atoms. The van der Waals surface area contributed by atoms with Crippen molar-refractivity contribution >= 4 is 23.7 Å². The molecule has 0 N–H and O–H groups in total. The third-order valence-corrected chi connectivity index (χ3v) is 5.15. The first-order valence-corrected chi connectivity index (χ1v) is 9.42. The molecule has 2 aliphatic heterocycles. The molecule has 0 saturated heterocycles. The lowest BCUT2D eigenvalue weighted by Gasteiger charge is -2.32. The zero-order valence-electron chi connectivity index (χ0n) is 17.2. The Hall–Kier alpha value is -2.74. The number of cyclic esters (lactones) is 1. The van der Waals surface area contributed by atoms with E-state index in [1.54, 1.807) is 13.0 Å². The largest absolute Gasteiger partial charge is 0.458 e. The molecule has 0 radical (unpaired) electrons. The van der Waals surface area contributed by atoms with Crippen LogP contribution in [0, 0.1) is 5.92 Å². The van der Waals surface area contributed by atoms with Crippen molar-refractivity contribution in [2.45, 2.75) is 38.9 Å². The molecule has 0 amide bonds. The summed E-state index contributed by atoms with van der Waals surface area (Å²) in [6, 6.07) is 0. The van der Waals surface area contributed by atoms with Crippen LogP contribution >= 0.6 is 0 Å². The summed E-state index contributed by atoms with van der Waals surface area (Å²) in [5, 5.41) is 0. The van der Waals surface area contributed by atoms with E-state index in [9.17, 15) is 19.2 Å². The number of fused-ring (bicyclic) bond motifs is 2. The molecular formula is C21H27NO7. The van der Waals surface area contributed by atoms with E-state index in [-0.39, 0.29) is 17.8 Å². The fourth-order valence-corrected chi connectivity index (χ4v) is 3.13. The second kappa shape index (κ2) is 9.17. The lowest BCUT2D eigenvalue weighted by atomic mass is 9.88. The Labute approximate surface area is 170 Å². The average Bonchev–Trinajstić information content (AvgIpc) is 2.65. The maximum Gasteiger partial charge on any atom is 0.351 e. The highest BCUT2D eigenvalue weighted by Gasteiger charge is 2.44. The summed E-state index contributed by atoms with van der Waals surface area (Å²) in [6.45, 7) is 8.54. The molecule has 0 fully saturated rings. The minimum atomic E-state index is -1.69. The summed E-state index contributed by atoms with van der Waals surface area (Å²) in [4.78, 5) is 52.0. The van der Waals surface area contributed by atoms with E-state index >= 15 is 0 Å². The zero-order valence-corrected chi connectivity index (χ0v) is 17.2. The van der Waals surface area contributed by atoms with Gasteiger partial charge in [0.25, 0.3) is 0 Å². The van der Waals surface area contributed by atoms with Crippen molar-refractivity contribution in [2.75, 3.05) is 26.7 Å². The Bertz CT molecular complexity index is 782. The number of Topliss-reactive ketones (excluding diaryl/α,β-unsaturated/α-hetero) is 1. The Balaban J connectivity index is 2.54. The van der Waals surface area contributed by atoms with Crippen molar-refractivity contribution in [3.63, 3.8) is 0 Å². The molecule has 3 unspecified atom stereocenters. The predicted octanol–water partition coefficient (Wildman–Crippen LogP) is 1.36. The Morgan fingerprint density at radius 2 is 2.07 bits per heavy atom. The van der Waals surface area contributed by atoms with Crippen LogP contribution in [0.2, 0.25) is 0 Å². The molecule has 0 saturated carbocycles. The van der Waals surface area contributed by atoms with Gasteiger partial charge < -0.3 is 19.1 Å². The van der Waals surface area contributed by atoms with Crippen molar-refractivity contribution in [3.8, 4) is 0 Å². The smallest absolute Gasteiger partial charge is 0.351 e. The molecule has 29 heavy (non-hydrogen) atoms. The summed E-state index contributed by atoms with van der Waals surface area (Å²) >= 11 is 0. The van der Waals surface area contributed by atoms with E-state index in [1.165, 1.54) is 26.0 Å². The number of ketones is 1. The summed E-state index contributed by atoms with van der Waals surface area (Å²) in [6.07, 6.45) is 3.68. The van der Waals surface area contributed by atoms with Crippen LogP contribution < -0.4 is 0 Å². The Morgan fingerprint density at radius 1 is 1.38 bits per heavy atom. The second-order valence-electron chi connectivity index (χ2n) is 7.43. The SMILES string of the molecule is C=CC1=CC(C)C(C)(OC(C)=O)C(=O)OCC2=CCN(C)CCC(OC1=O)C2=O. The molecule has 0 aromatic rings. The van der Waals surface area contributed by atoms with Crippen LogP contribution in [0.15, 0.2) is 36.0 Å². The number of esters is 3. The maximum atomic E-state index is 12.9. The number of likely N-dealkylation sites (N-methyl/N-ethyl adjacent to an activating group) is 1. The van der Waals surface area contributed by atoms with Crippen molar-refractivity contribution in [2.24, 2.45) is 5.92 Å². The van der Waals surface area contributed by atoms with Crippen LogP contribution in [0.5, 0.6) is 0 Å². The molecule has 158 valence electrons. The van der Waals surface area contributed by atoms with E-state index in [2.05, 4.69) is 6.58 Å². The lowest BCUT2D eigenvalue weighted by molar-refractivity contribution is -0.183. The molecule has 0 aliphatic carbocycles. The van der Waals surface area contributed by atoms with E-state index in [0.717, 1.165) is 0 Å². The van der Waals surface area contributed by atoms with Gasteiger partial charge in [0, 0.05) is 37.9 Å². The van der Waals surface area contributed by atoms with Gasteiger partial charge in [0.1, 0.15) is 6.61 Å². The second-order valence-corrected chi connectivity index (χ2v) is 7.43.